The van der Waals surface area contributed by atoms with Gasteiger partial charge in [-0.15, -0.1) is 28.2 Å². The highest BCUT2D eigenvalue weighted by Gasteiger charge is 2.31. The quantitative estimate of drug-likeness (QED) is 0.333. The molecule has 0 radical (unpaired) electrons. The van der Waals surface area contributed by atoms with Gasteiger partial charge in [-0.3, -0.25) is 14.9 Å². The summed E-state index contributed by atoms with van der Waals surface area (Å²) < 4.78 is 21.3. The van der Waals surface area contributed by atoms with Crippen LogP contribution in [0.15, 0.2) is 47.4 Å². The molecule has 35 heavy (non-hydrogen) atoms. The van der Waals surface area contributed by atoms with Gasteiger partial charge in [-0.25, -0.2) is 4.39 Å². The molecule has 0 aliphatic rings. The topological polar surface area (TPSA) is 113 Å². The minimum Gasteiger partial charge on any atom is -0.494 e. The molecule has 2 atom stereocenters. The van der Waals surface area contributed by atoms with Gasteiger partial charge in [0.15, 0.2) is 11.6 Å². The molecule has 0 saturated carbocycles. The van der Waals surface area contributed by atoms with E-state index >= 15 is 4.39 Å². The van der Waals surface area contributed by atoms with Crippen LogP contribution in [0.4, 0.5) is 10.3 Å². The van der Waals surface area contributed by atoms with Crippen LogP contribution in [0.25, 0.3) is 10.1 Å². The number of amides is 2. The number of H-pyrrole nitrogens is 1. The number of carbonyl (C=O) groups excluding carboxylic acids is 2. The summed E-state index contributed by atoms with van der Waals surface area (Å²) >= 11 is 2.48. The number of tetrazole rings is 1. The Labute approximate surface area is 209 Å². The largest absolute Gasteiger partial charge is 0.494 e. The zero-order valence-corrected chi connectivity index (χ0v) is 21.0. The van der Waals surface area contributed by atoms with Gasteiger partial charge >= 0.3 is 0 Å². The number of fused-ring (bicyclic) bond motifs is 1. The maximum Gasteiger partial charge on any atom is 0.270 e. The van der Waals surface area contributed by atoms with E-state index in [1.165, 1.54) is 31.9 Å². The summed E-state index contributed by atoms with van der Waals surface area (Å²) in [6.07, 6.45) is 0. The van der Waals surface area contributed by atoms with Gasteiger partial charge in [-0.1, -0.05) is 35.4 Å². The number of carbonyl (C=O) groups is 2. The number of methoxy groups -OCH3 is 1. The van der Waals surface area contributed by atoms with Crippen LogP contribution in [0.5, 0.6) is 5.75 Å². The summed E-state index contributed by atoms with van der Waals surface area (Å²) in [5.74, 6) is -1.06. The first-order chi connectivity index (χ1) is 16.8. The molecule has 2 heterocycles. The van der Waals surface area contributed by atoms with Gasteiger partial charge in [-0.05, 0) is 29.8 Å². The second kappa shape index (κ2) is 10.4. The van der Waals surface area contributed by atoms with Crippen LogP contribution in [-0.4, -0.2) is 57.5 Å². The highest BCUT2D eigenvalue weighted by molar-refractivity contribution is 8.00. The average molecular weight is 515 g/mol. The summed E-state index contributed by atoms with van der Waals surface area (Å²) in [7, 11) is 3.12. The Morgan fingerprint density at radius 1 is 1.23 bits per heavy atom. The number of likely N-dealkylation sites (N-methyl/N-ethyl adjacent to an activating group) is 1. The molecule has 0 saturated heterocycles. The van der Waals surface area contributed by atoms with Crippen LogP contribution in [0.2, 0.25) is 0 Å². The Balaban J connectivity index is 1.87. The van der Waals surface area contributed by atoms with E-state index in [1.807, 2.05) is 37.3 Å². The molecule has 2 amide bonds. The lowest BCUT2D eigenvalue weighted by molar-refractivity contribution is -0.129. The van der Waals surface area contributed by atoms with Crippen molar-refractivity contribution in [2.45, 2.75) is 30.0 Å². The minimum absolute atomic E-state index is 0.00532. The molecule has 2 aromatic carbocycles. The number of ether oxygens (including phenoxy) is 1. The van der Waals surface area contributed by atoms with E-state index < -0.39 is 11.7 Å². The fourth-order valence-corrected chi connectivity index (χ4v) is 6.37. The first-order valence-corrected chi connectivity index (χ1v) is 12.3. The van der Waals surface area contributed by atoms with Crippen molar-refractivity contribution in [1.29, 1.82) is 0 Å². The van der Waals surface area contributed by atoms with E-state index in [9.17, 15) is 9.59 Å². The standard InChI is InChI=1S/C23H23FN6O3S2/c1-12(30(3)13(2)31)19(14-8-6-5-7-9-14)35-20-17-16(11-10-15(33-4)18(17)24)34-21(20)22(32)25-23-26-28-29-27-23/h5-12,19H,1-4H3,(H2,25,26,27,28,29,32). The van der Waals surface area contributed by atoms with Crippen molar-refractivity contribution in [3.8, 4) is 5.75 Å². The molecule has 2 aromatic heterocycles. The van der Waals surface area contributed by atoms with Crippen LogP contribution >= 0.6 is 23.1 Å². The molecule has 4 aromatic rings. The zero-order chi connectivity index (χ0) is 25.1. The Morgan fingerprint density at radius 3 is 2.60 bits per heavy atom. The van der Waals surface area contributed by atoms with Crippen LogP contribution in [0, 0.1) is 5.82 Å². The van der Waals surface area contributed by atoms with E-state index in [4.69, 9.17) is 4.74 Å². The Hall–Kier alpha value is -3.51. The SMILES string of the molecule is COc1ccc2sc(C(=O)Nc3nn[nH]n3)c(SC(c3ccccc3)C(C)N(C)C(C)=O)c2c1F. The number of thioether (sulfide) groups is 1. The normalized spacial score (nSPS) is 12.8. The number of nitrogens with zero attached hydrogens (tertiary/aromatic N) is 4. The Bertz CT molecular complexity index is 1350. The number of nitrogens with one attached hydrogen (secondary N) is 2. The molecule has 0 bridgehead atoms. The second-order valence-electron chi connectivity index (χ2n) is 7.72. The van der Waals surface area contributed by atoms with Gasteiger partial charge in [0.1, 0.15) is 4.88 Å². The number of benzene rings is 2. The summed E-state index contributed by atoms with van der Waals surface area (Å²) in [4.78, 5) is 27.8. The van der Waals surface area contributed by atoms with Gasteiger partial charge in [-0.2, -0.15) is 5.21 Å². The molecule has 2 unspecified atom stereocenters. The lowest BCUT2D eigenvalue weighted by Crippen LogP contribution is -2.36. The molecule has 9 nitrogen and oxygen atoms in total. The fourth-order valence-electron chi connectivity index (χ4n) is 3.60. The van der Waals surface area contributed by atoms with Crippen molar-refractivity contribution in [2.75, 3.05) is 19.5 Å². The summed E-state index contributed by atoms with van der Waals surface area (Å²) in [5, 5.41) is 15.9. The average Bonchev–Trinajstić information content (AvgIpc) is 3.50. The van der Waals surface area contributed by atoms with Crippen LogP contribution in [-0.2, 0) is 4.79 Å². The first kappa shape index (κ1) is 24.6. The molecule has 0 spiro atoms. The van der Waals surface area contributed by atoms with E-state index in [-0.39, 0.29) is 34.3 Å². The number of thiophene rings is 1. The maximum absolute atomic E-state index is 15.6. The van der Waals surface area contributed by atoms with Gasteiger partial charge in [0.05, 0.1) is 12.4 Å². The first-order valence-electron chi connectivity index (χ1n) is 10.6. The summed E-state index contributed by atoms with van der Waals surface area (Å²) in [5.41, 5.74) is 0.935. The molecule has 0 aliphatic carbocycles. The Morgan fingerprint density at radius 2 is 1.97 bits per heavy atom. The van der Waals surface area contributed by atoms with E-state index in [0.29, 0.717) is 14.5 Å². The highest BCUT2D eigenvalue weighted by Crippen LogP contribution is 2.48. The maximum atomic E-state index is 15.6. The van der Waals surface area contributed by atoms with Crippen LogP contribution in [0.1, 0.15) is 34.3 Å². The van der Waals surface area contributed by atoms with Crippen LogP contribution < -0.4 is 10.1 Å². The van der Waals surface area contributed by atoms with E-state index in [2.05, 4.69) is 25.9 Å². The third-order valence-electron chi connectivity index (χ3n) is 5.63. The lowest BCUT2D eigenvalue weighted by atomic mass is 10.1. The smallest absolute Gasteiger partial charge is 0.270 e. The molecule has 0 fully saturated rings. The molecular weight excluding hydrogens is 491 g/mol. The predicted molar refractivity (Wildman–Crippen MR) is 133 cm³/mol. The summed E-state index contributed by atoms with van der Waals surface area (Å²) in [6, 6.07) is 12.6. The van der Waals surface area contributed by atoms with Gasteiger partial charge < -0.3 is 9.64 Å². The summed E-state index contributed by atoms with van der Waals surface area (Å²) in [6.45, 7) is 3.42. The predicted octanol–water partition coefficient (Wildman–Crippen LogP) is 4.51. The number of anilines is 1. The zero-order valence-electron chi connectivity index (χ0n) is 19.4. The van der Waals surface area contributed by atoms with Gasteiger partial charge in [0, 0.05) is 35.0 Å². The van der Waals surface area contributed by atoms with Crippen molar-refractivity contribution in [2.24, 2.45) is 0 Å². The molecule has 4 rings (SSSR count). The third kappa shape index (κ3) is 4.98. The Kier molecular flexibility index (Phi) is 7.31. The second-order valence-corrected chi connectivity index (χ2v) is 9.93. The lowest BCUT2D eigenvalue weighted by Gasteiger charge is -2.31. The number of rotatable bonds is 8. The van der Waals surface area contributed by atoms with Gasteiger partial charge in [0.25, 0.3) is 11.9 Å². The molecule has 0 aliphatic heterocycles. The van der Waals surface area contributed by atoms with Crippen molar-refractivity contribution in [3.63, 3.8) is 0 Å². The van der Waals surface area contributed by atoms with Crippen molar-refractivity contribution >= 4 is 50.9 Å². The number of hydrogen-bond acceptors (Lipinski definition) is 8. The minimum atomic E-state index is -0.554. The highest BCUT2D eigenvalue weighted by atomic mass is 32.2. The van der Waals surface area contributed by atoms with Crippen LogP contribution in [0.3, 0.4) is 0 Å². The van der Waals surface area contributed by atoms with E-state index in [0.717, 1.165) is 16.9 Å². The molecule has 2 N–H and O–H groups in total. The number of aromatic amines is 1. The monoisotopic (exact) mass is 514 g/mol. The van der Waals surface area contributed by atoms with Crippen molar-refractivity contribution in [3.05, 3.63) is 58.7 Å². The fraction of sp³-hybridized carbons (Fsp3) is 0.261. The molecular formula is C23H23FN6O3S2. The number of hydrogen-bond donors (Lipinski definition) is 2. The van der Waals surface area contributed by atoms with Crippen molar-refractivity contribution < 1.29 is 18.7 Å². The number of aromatic nitrogens is 4. The van der Waals surface area contributed by atoms with Crippen molar-refractivity contribution in [1.82, 2.24) is 25.5 Å². The third-order valence-corrected chi connectivity index (χ3v) is 8.48. The van der Waals surface area contributed by atoms with Gasteiger partial charge in [0.2, 0.25) is 5.91 Å². The molecule has 12 heteroatoms. The number of halogens is 1. The molecule has 182 valence electrons. The van der Waals surface area contributed by atoms with E-state index in [1.54, 1.807) is 18.0 Å².